The van der Waals surface area contributed by atoms with Crippen LogP contribution in [0.5, 0.6) is 0 Å². The van der Waals surface area contributed by atoms with Gasteiger partial charge in [0.2, 0.25) is 0 Å². The van der Waals surface area contributed by atoms with Crippen molar-refractivity contribution in [1.29, 1.82) is 0 Å². The third-order valence-electron chi connectivity index (χ3n) is 3.89. The van der Waals surface area contributed by atoms with Crippen molar-refractivity contribution >= 4 is 17.3 Å². The summed E-state index contributed by atoms with van der Waals surface area (Å²) in [5.74, 6) is -0.0720. The lowest BCUT2D eigenvalue weighted by Gasteiger charge is -2.28. The van der Waals surface area contributed by atoms with Crippen LogP contribution in [0.25, 0.3) is 0 Å². The van der Waals surface area contributed by atoms with Crippen molar-refractivity contribution in [3.63, 3.8) is 0 Å². The van der Waals surface area contributed by atoms with Crippen LogP contribution in [0.4, 0.5) is 11.4 Å². The van der Waals surface area contributed by atoms with Crippen LogP contribution >= 0.6 is 0 Å². The van der Waals surface area contributed by atoms with Crippen LogP contribution in [-0.2, 0) is 4.74 Å². The molecule has 1 fully saturated rings. The van der Waals surface area contributed by atoms with Crippen LogP contribution in [0.2, 0.25) is 0 Å². The Balaban J connectivity index is 1.68. The number of rotatable bonds is 3. The van der Waals surface area contributed by atoms with Gasteiger partial charge in [-0.3, -0.25) is 4.79 Å². The molecule has 1 saturated heterocycles. The normalized spacial score (nSPS) is 14.7. The van der Waals surface area contributed by atoms with Gasteiger partial charge in [0.15, 0.2) is 0 Å². The molecule has 0 aromatic heterocycles. The van der Waals surface area contributed by atoms with Gasteiger partial charge in [-0.1, -0.05) is 18.2 Å². The topological polar surface area (TPSA) is 41.6 Å². The molecule has 0 unspecified atom stereocenters. The minimum Gasteiger partial charge on any atom is -0.378 e. The summed E-state index contributed by atoms with van der Waals surface area (Å²) in [7, 11) is 0. The fourth-order valence-corrected chi connectivity index (χ4v) is 2.60. The van der Waals surface area contributed by atoms with Crippen LogP contribution < -0.4 is 10.2 Å². The van der Waals surface area contributed by atoms with Gasteiger partial charge in [-0.25, -0.2) is 0 Å². The van der Waals surface area contributed by atoms with Crippen molar-refractivity contribution in [2.45, 2.75) is 6.92 Å². The summed E-state index contributed by atoms with van der Waals surface area (Å²) in [5.41, 5.74) is 3.66. The fraction of sp³-hybridized carbons (Fsp3) is 0.278. The Labute approximate surface area is 130 Å². The molecule has 0 spiro atoms. The number of anilines is 2. The minimum absolute atomic E-state index is 0.0720. The summed E-state index contributed by atoms with van der Waals surface area (Å²) < 4.78 is 5.36. The quantitative estimate of drug-likeness (QED) is 0.946. The first kappa shape index (κ1) is 14.6. The standard InChI is InChI=1S/C18H20N2O2/c1-14-4-2-3-5-17(14)18(21)19-15-6-8-16(9-7-15)20-10-12-22-13-11-20/h2-9H,10-13H2,1H3,(H,19,21). The largest absolute Gasteiger partial charge is 0.378 e. The van der Waals surface area contributed by atoms with Gasteiger partial charge in [-0.2, -0.15) is 0 Å². The zero-order valence-corrected chi connectivity index (χ0v) is 12.7. The molecule has 1 amide bonds. The number of benzene rings is 2. The first-order valence-corrected chi connectivity index (χ1v) is 7.54. The molecule has 1 aliphatic rings. The summed E-state index contributed by atoms with van der Waals surface area (Å²) in [6, 6.07) is 15.6. The molecule has 1 aliphatic heterocycles. The summed E-state index contributed by atoms with van der Waals surface area (Å²) in [6.07, 6.45) is 0. The maximum atomic E-state index is 12.3. The summed E-state index contributed by atoms with van der Waals surface area (Å²) in [5, 5.41) is 2.95. The fourth-order valence-electron chi connectivity index (χ4n) is 2.60. The maximum absolute atomic E-state index is 12.3. The molecule has 1 N–H and O–H groups in total. The molecule has 0 bridgehead atoms. The van der Waals surface area contributed by atoms with Gasteiger partial charge in [-0.15, -0.1) is 0 Å². The number of hydrogen-bond donors (Lipinski definition) is 1. The monoisotopic (exact) mass is 296 g/mol. The highest BCUT2D eigenvalue weighted by Gasteiger charge is 2.12. The van der Waals surface area contributed by atoms with E-state index in [4.69, 9.17) is 4.74 Å². The number of carbonyl (C=O) groups is 1. The van der Waals surface area contributed by atoms with Crippen molar-refractivity contribution in [1.82, 2.24) is 0 Å². The molecule has 0 aliphatic carbocycles. The van der Waals surface area contributed by atoms with Crippen LogP contribution in [0.15, 0.2) is 48.5 Å². The van der Waals surface area contributed by atoms with Gasteiger partial charge < -0.3 is 15.0 Å². The molecule has 4 heteroatoms. The van der Waals surface area contributed by atoms with Gasteiger partial charge in [-0.05, 0) is 42.8 Å². The van der Waals surface area contributed by atoms with Gasteiger partial charge in [0.1, 0.15) is 0 Å². The number of amides is 1. The minimum atomic E-state index is -0.0720. The van der Waals surface area contributed by atoms with Crippen LogP contribution in [-0.4, -0.2) is 32.2 Å². The zero-order valence-electron chi connectivity index (χ0n) is 12.7. The second kappa shape index (κ2) is 6.62. The molecule has 0 radical (unpaired) electrons. The summed E-state index contributed by atoms with van der Waals surface area (Å²) >= 11 is 0. The van der Waals surface area contributed by atoms with E-state index in [1.54, 1.807) is 0 Å². The lowest BCUT2D eigenvalue weighted by molar-refractivity contribution is 0.102. The third-order valence-corrected chi connectivity index (χ3v) is 3.89. The number of nitrogens with zero attached hydrogens (tertiary/aromatic N) is 1. The van der Waals surface area contributed by atoms with Crippen molar-refractivity contribution in [3.8, 4) is 0 Å². The van der Waals surface area contributed by atoms with Crippen molar-refractivity contribution in [2.24, 2.45) is 0 Å². The first-order chi connectivity index (χ1) is 10.7. The molecule has 4 nitrogen and oxygen atoms in total. The van der Waals surface area contributed by atoms with Crippen molar-refractivity contribution < 1.29 is 9.53 Å². The molecule has 2 aromatic carbocycles. The summed E-state index contributed by atoms with van der Waals surface area (Å²) in [4.78, 5) is 14.6. The number of carbonyl (C=O) groups excluding carboxylic acids is 1. The average Bonchev–Trinajstić information content (AvgIpc) is 2.57. The van der Waals surface area contributed by atoms with E-state index in [-0.39, 0.29) is 5.91 Å². The Kier molecular flexibility index (Phi) is 4.39. The summed E-state index contributed by atoms with van der Waals surface area (Å²) in [6.45, 7) is 5.30. The lowest BCUT2D eigenvalue weighted by atomic mass is 10.1. The number of nitrogens with one attached hydrogen (secondary N) is 1. The Morgan fingerprint density at radius 2 is 1.73 bits per heavy atom. The van der Waals surface area contributed by atoms with E-state index in [0.29, 0.717) is 5.56 Å². The Bertz CT molecular complexity index is 646. The first-order valence-electron chi connectivity index (χ1n) is 7.54. The van der Waals surface area contributed by atoms with Gasteiger partial charge in [0, 0.05) is 30.0 Å². The molecule has 22 heavy (non-hydrogen) atoms. The Morgan fingerprint density at radius 1 is 1.05 bits per heavy atom. The van der Waals surface area contributed by atoms with Crippen LogP contribution in [0, 0.1) is 6.92 Å². The zero-order chi connectivity index (χ0) is 15.4. The molecular formula is C18H20N2O2. The van der Waals surface area contributed by atoms with Crippen LogP contribution in [0.1, 0.15) is 15.9 Å². The smallest absolute Gasteiger partial charge is 0.255 e. The van der Waals surface area contributed by atoms with E-state index >= 15 is 0 Å². The maximum Gasteiger partial charge on any atom is 0.255 e. The van der Waals surface area contributed by atoms with E-state index in [1.807, 2.05) is 55.5 Å². The molecule has 3 rings (SSSR count). The molecular weight excluding hydrogens is 276 g/mol. The molecule has 0 atom stereocenters. The Morgan fingerprint density at radius 3 is 2.41 bits per heavy atom. The highest BCUT2D eigenvalue weighted by atomic mass is 16.5. The van der Waals surface area contributed by atoms with E-state index < -0.39 is 0 Å². The molecule has 2 aromatic rings. The predicted octanol–water partition coefficient (Wildman–Crippen LogP) is 3.08. The number of hydrogen-bond acceptors (Lipinski definition) is 3. The van der Waals surface area contributed by atoms with Gasteiger partial charge in [0.05, 0.1) is 13.2 Å². The molecule has 114 valence electrons. The van der Waals surface area contributed by atoms with E-state index in [0.717, 1.165) is 43.2 Å². The average molecular weight is 296 g/mol. The number of ether oxygens (including phenoxy) is 1. The number of morpholine rings is 1. The van der Waals surface area contributed by atoms with E-state index in [2.05, 4.69) is 10.2 Å². The van der Waals surface area contributed by atoms with Gasteiger partial charge >= 0.3 is 0 Å². The molecule has 1 heterocycles. The van der Waals surface area contributed by atoms with Crippen LogP contribution in [0.3, 0.4) is 0 Å². The van der Waals surface area contributed by atoms with E-state index in [9.17, 15) is 4.79 Å². The molecule has 0 saturated carbocycles. The van der Waals surface area contributed by atoms with Crippen molar-refractivity contribution in [3.05, 3.63) is 59.7 Å². The third kappa shape index (κ3) is 3.28. The highest BCUT2D eigenvalue weighted by molar-refractivity contribution is 6.05. The van der Waals surface area contributed by atoms with Crippen molar-refractivity contribution in [2.75, 3.05) is 36.5 Å². The second-order valence-corrected chi connectivity index (χ2v) is 5.42. The SMILES string of the molecule is Cc1ccccc1C(=O)Nc1ccc(N2CCOCC2)cc1. The second-order valence-electron chi connectivity index (χ2n) is 5.42. The lowest BCUT2D eigenvalue weighted by Crippen LogP contribution is -2.36. The predicted molar refractivity (Wildman–Crippen MR) is 88.6 cm³/mol. The Hall–Kier alpha value is -2.33. The highest BCUT2D eigenvalue weighted by Crippen LogP contribution is 2.20. The number of aryl methyl sites for hydroxylation is 1. The van der Waals surface area contributed by atoms with Gasteiger partial charge in [0.25, 0.3) is 5.91 Å². The van der Waals surface area contributed by atoms with E-state index in [1.165, 1.54) is 0 Å².